The topological polar surface area (TPSA) is 99.9 Å². The second-order valence-electron chi connectivity index (χ2n) is 10.7. The molecular formula is C32H35ClFN5O4. The van der Waals surface area contributed by atoms with E-state index in [0.717, 1.165) is 35.6 Å². The average molecular weight is 608 g/mol. The first-order chi connectivity index (χ1) is 20.8. The normalized spacial score (nSPS) is 14.9. The van der Waals surface area contributed by atoms with E-state index < -0.39 is 0 Å². The summed E-state index contributed by atoms with van der Waals surface area (Å²) in [5.41, 5.74) is 5.46. The predicted molar refractivity (Wildman–Crippen MR) is 163 cm³/mol. The lowest BCUT2D eigenvalue weighted by molar-refractivity contribution is -0.120. The van der Waals surface area contributed by atoms with E-state index in [4.69, 9.17) is 16.3 Å². The minimum Gasteiger partial charge on any atom is -0.489 e. The van der Waals surface area contributed by atoms with E-state index in [0.29, 0.717) is 48.0 Å². The molecule has 0 saturated carbocycles. The van der Waals surface area contributed by atoms with Gasteiger partial charge in [0.1, 0.15) is 29.8 Å². The smallest absolute Gasteiger partial charge is 0.221 e. The van der Waals surface area contributed by atoms with Gasteiger partial charge in [0.15, 0.2) is 0 Å². The number of hydrogen-bond donors (Lipinski definition) is 2. The summed E-state index contributed by atoms with van der Waals surface area (Å²) in [5, 5.41) is 13.1. The highest BCUT2D eigenvalue weighted by Gasteiger charge is 2.23. The molecule has 11 heteroatoms. The lowest BCUT2D eigenvalue weighted by Crippen LogP contribution is -2.29. The molecular weight excluding hydrogens is 573 g/mol. The Morgan fingerprint density at radius 3 is 2.77 bits per heavy atom. The summed E-state index contributed by atoms with van der Waals surface area (Å²) in [6.07, 6.45) is 5.27. The van der Waals surface area contributed by atoms with E-state index in [1.54, 1.807) is 19.3 Å². The highest BCUT2D eigenvalue weighted by atomic mass is 35.5. The van der Waals surface area contributed by atoms with Gasteiger partial charge in [0, 0.05) is 62.9 Å². The number of carbonyl (C=O) groups excluding carboxylic acids is 2. The lowest BCUT2D eigenvalue weighted by atomic mass is 10.1. The molecule has 43 heavy (non-hydrogen) atoms. The second-order valence-corrected chi connectivity index (χ2v) is 11.2. The van der Waals surface area contributed by atoms with Crippen molar-refractivity contribution in [1.29, 1.82) is 0 Å². The summed E-state index contributed by atoms with van der Waals surface area (Å²) in [7, 11) is 3.42. The largest absolute Gasteiger partial charge is 0.489 e. The number of carbonyl (C=O) groups is 2. The molecule has 0 bridgehead atoms. The number of aliphatic hydroxyl groups is 1. The number of fused-ring (bicyclic) bond motifs is 1. The van der Waals surface area contributed by atoms with Crippen LogP contribution in [-0.4, -0.2) is 52.1 Å². The molecule has 2 aliphatic rings. The molecule has 0 atom stereocenters. The molecule has 0 fully saturated rings. The number of amides is 2. The van der Waals surface area contributed by atoms with Crippen LogP contribution in [0.5, 0.6) is 5.75 Å². The highest BCUT2D eigenvalue weighted by molar-refractivity contribution is 6.30. The van der Waals surface area contributed by atoms with Crippen LogP contribution >= 0.6 is 11.6 Å². The first kappa shape index (κ1) is 30.5. The van der Waals surface area contributed by atoms with Crippen molar-refractivity contribution in [2.45, 2.75) is 45.5 Å². The molecule has 9 nitrogen and oxygen atoms in total. The molecule has 0 radical (unpaired) electrons. The van der Waals surface area contributed by atoms with Crippen molar-refractivity contribution in [2.75, 3.05) is 25.1 Å². The van der Waals surface area contributed by atoms with Crippen LogP contribution in [0.4, 0.5) is 10.2 Å². The van der Waals surface area contributed by atoms with E-state index in [1.165, 1.54) is 22.1 Å². The van der Waals surface area contributed by atoms with Gasteiger partial charge in [0.05, 0.1) is 12.8 Å². The fraction of sp³-hybridized carbons (Fsp3) is 0.344. The van der Waals surface area contributed by atoms with Crippen LogP contribution in [0.1, 0.15) is 41.5 Å². The highest BCUT2D eigenvalue weighted by Crippen LogP contribution is 2.32. The van der Waals surface area contributed by atoms with Crippen molar-refractivity contribution in [1.82, 2.24) is 19.8 Å². The number of rotatable bonds is 12. The summed E-state index contributed by atoms with van der Waals surface area (Å²) >= 11 is 6.20. The molecule has 5 rings (SSSR count). The van der Waals surface area contributed by atoms with E-state index in [1.807, 2.05) is 29.8 Å². The summed E-state index contributed by atoms with van der Waals surface area (Å²) in [5.74, 6) is 1.41. The zero-order chi connectivity index (χ0) is 30.5. The third kappa shape index (κ3) is 6.82. The lowest BCUT2D eigenvalue weighted by Gasteiger charge is -2.19. The van der Waals surface area contributed by atoms with E-state index >= 15 is 0 Å². The number of benzene rings is 2. The average Bonchev–Trinajstić information content (AvgIpc) is 3.59. The maximum atomic E-state index is 14.2. The van der Waals surface area contributed by atoms with Gasteiger partial charge in [-0.2, -0.15) is 0 Å². The Kier molecular flexibility index (Phi) is 9.59. The van der Waals surface area contributed by atoms with Crippen molar-refractivity contribution >= 4 is 29.7 Å². The third-order valence-corrected chi connectivity index (χ3v) is 8.34. The molecule has 0 spiro atoms. The number of ether oxygens (including phenoxy) is 1. The Morgan fingerprint density at radius 1 is 1.21 bits per heavy atom. The molecule has 1 aliphatic carbocycles. The number of allylic oxidation sites excluding steroid dienone is 2. The third-order valence-electron chi connectivity index (χ3n) is 7.92. The van der Waals surface area contributed by atoms with Crippen molar-refractivity contribution in [2.24, 2.45) is 7.05 Å². The number of hydrogen-bond acceptors (Lipinski definition) is 6. The SMILES string of the molecule is CNC(=O)CCN(C=O)c1cnc(-c2ccc3c(c2)CN(Cc2ccc(OCC4=C(Cl)CCC=C4F)cc2CO)C3)n1C. The summed E-state index contributed by atoms with van der Waals surface area (Å²) in [4.78, 5) is 31.7. The van der Waals surface area contributed by atoms with E-state index in [-0.39, 0.29) is 37.9 Å². The Bertz CT molecular complexity index is 1580. The number of nitrogens with zero attached hydrogens (tertiary/aromatic N) is 4. The fourth-order valence-electron chi connectivity index (χ4n) is 5.49. The molecule has 2 heterocycles. The number of aromatic nitrogens is 2. The van der Waals surface area contributed by atoms with Crippen molar-refractivity contribution in [3.63, 3.8) is 0 Å². The first-order valence-electron chi connectivity index (χ1n) is 14.2. The maximum absolute atomic E-state index is 14.2. The molecule has 2 aromatic carbocycles. The molecule has 0 saturated heterocycles. The Balaban J connectivity index is 1.25. The van der Waals surface area contributed by atoms with Gasteiger partial charge in [-0.05, 0) is 59.4 Å². The summed E-state index contributed by atoms with van der Waals surface area (Å²) in [6, 6.07) is 11.8. The maximum Gasteiger partial charge on any atom is 0.221 e. The van der Waals surface area contributed by atoms with Crippen LogP contribution in [0.25, 0.3) is 11.4 Å². The number of nitrogens with one attached hydrogen (secondary N) is 1. The first-order valence-corrected chi connectivity index (χ1v) is 14.6. The van der Waals surface area contributed by atoms with Crippen LogP contribution in [0.3, 0.4) is 0 Å². The fourth-order valence-corrected chi connectivity index (χ4v) is 5.74. The van der Waals surface area contributed by atoms with Gasteiger partial charge in [0.25, 0.3) is 0 Å². The van der Waals surface area contributed by atoms with Gasteiger partial charge < -0.3 is 19.7 Å². The Hall–Kier alpha value is -3.99. The molecule has 226 valence electrons. The minimum absolute atomic E-state index is 0.0375. The zero-order valence-corrected chi connectivity index (χ0v) is 25.0. The van der Waals surface area contributed by atoms with Gasteiger partial charge in [-0.3, -0.25) is 19.4 Å². The predicted octanol–water partition coefficient (Wildman–Crippen LogP) is 4.71. The van der Waals surface area contributed by atoms with E-state index in [2.05, 4.69) is 27.3 Å². The van der Waals surface area contributed by atoms with Crippen LogP contribution in [0.15, 0.2) is 65.1 Å². The standard InChI is InChI=1S/C32H35ClFN5O4/c1-35-30(42)10-11-39(20-41)31-14-36-32(37(31)2)21-6-7-22-15-38(17-24(22)12-21)16-23-8-9-26(13-25(23)18-40)43-19-27-28(33)4-3-5-29(27)34/h5-9,12-14,20,40H,3-4,10-11,15-19H2,1-2H3,(H,35,42). The molecule has 2 amide bonds. The van der Waals surface area contributed by atoms with Gasteiger partial charge in [-0.15, -0.1) is 0 Å². The molecule has 1 aliphatic heterocycles. The van der Waals surface area contributed by atoms with E-state index in [9.17, 15) is 19.1 Å². The van der Waals surface area contributed by atoms with Crippen molar-refractivity contribution < 1.29 is 23.8 Å². The Morgan fingerprint density at radius 2 is 2.02 bits per heavy atom. The number of halogens is 2. The summed E-state index contributed by atoms with van der Waals surface area (Å²) < 4.78 is 21.8. The minimum atomic E-state index is -0.337. The van der Waals surface area contributed by atoms with Crippen LogP contribution in [-0.2, 0) is 42.9 Å². The molecule has 2 N–H and O–H groups in total. The van der Waals surface area contributed by atoms with Crippen molar-refractivity contribution in [3.8, 4) is 17.1 Å². The number of imidazole rings is 1. The quantitative estimate of drug-likeness (QED) is 0.289. The zero-order valence-electron chi connectivity index (χ0n) is 24.3. The molecule has 3 aromatic rings. The van der Waals surface area contributed by atoms with Crippen LogP contribution < -0.4 is 15.0 Å². The van der Waals surface area contributed by atoms with Crippen LogP contribution in [0, 0.1) is 0 Å². The summed E-state index contributed by atoms with van der Waals surface area (Å²) in [6.45, 7) is 2.29. The Labute approximate surface area is 255 Å². The number of aliphatic hydroxyl groups excluding tert-OH is 1. The van der Waals surface area contributed by atoms with Gasteiger partial charge >= 0.3 is 0 Å². The van der Waals surface area contributed by atoms with Gasteiger partial charge in [0.2, 0.25) is 12.3 Å². The molecule has 0 unspecified atom stereocenters. The second kappa shape index (κ2) is 13.5. The van der Waals surface area contributed by atoms with Gasteiger partial charge in [-0.25, -0.2) is 9.37 Å². The van der Waals surface area contributed by atoms with Gasteiger partial charge in [-0.1, -0.05) is 29.8 Å². The van der Waals surface area contributed by atoms with Crippen LogP contribution in [0.2, 0.25) is 0 Å². The monoisotopic (exact) mass is 607 g/mol. The number of anilines is 1. The van der Waals surface area contributed by atoms with Crippen molar-refractivity contribution in [3.05, 3.63) is 87.4 Å². The molecule has 1 aromatic heterocycles.